The number of nitrogens with two attached hydrogens (primary N) is 1. The topological polar surface area (TPSA) is 74.5 Å². The normalized spacial score (nSPS) is 16.6. The molecular formula is C17H30ClN5O. The molecule has 3 N–H and O–H groups in total. The van der Waals surface area contributed by atoms with Crippen LogP contribution < -0.4 is 16.0 Å². The number of amides is 1. The van der Waals surface area contributed by atoms with E-state index >= 15 is 0 Å². The van der Waals surface area contributed by atoms with Crippen LogP contribution in [-0.4, -0.2) is 54.6 Å². The fraction of sp³-hybridized carbons (Fsp3) is 0.647. The summed E-state index contributed by atoms with van der Waals surface area (Å²) >= 11 is 0. The number of aromatic nitrogens is 1. The summed E-state index contributed by atoms with van der Waals surface area (Å²) in [6.45, 7) is 11.9. The minimum Gasteiger partial charge on any atom is -0.354 e. The largest absolute Gasteiger partial charge is 0.354 e. The number of nitrogens with zero attached hydrogens (tertiary/aromatic N) is 3. The van der Waals surface area contributed by atoms with Crippen LogP contribution in [0.5, 0.6) is 0 Å². The van der Waals surface area contributed by atoms with Gasteiger partial charge in [-0.2, -0.15) is 0 Å². The van der Waals surface area contributed by atoms with E-state index < -0.39 is 6.04 Å². The van der Waals surface area contributed by atoms with E-state index in [-0.39, 0.29) is 24.2 Å². The Kier molecular flexibility index (Phi) is 8.45. The Labute approximate surface area is 151 Å². The van der Waals surface area contributed by atoms with Crippen LogP contribution in [0.2, 0.25) is 0 Å². The van der Waals surface area contributed by atoms with Crippen molar-refractivity contribution in [2.75, 3.05) is 37.6 Å². The van der Waals surface area contributed by atoms with Crippen LogP contribution in [0.25, 0.3) is 0 Å². The second kappa shape index (κ2) is 9.81. The minimum atomic E-state index is -0.461. The highest BCUT2D eigenvalue weighted by molar-refractivity contribution is 5.85. The predicted molar refractivity (Wildman–Crippen MR) is 100 cm³/mol. The van der Waals surface area contributed by atoms with Gasteiger partial charge < -0.3 is 20.9 Å². The van der Waals surface area contributed by atoms with E-state index in [4.69, 9.17) is 5.73 Å². The van der Waals surface area contributed by atoms with Gasteiger partial charge >= 0.3 is 0 Å². The predicted octanol–water partition coefficient (Wildman–Crippen LogP) is 1.24. The molecule has 1 amide bonds. The lowest BCUT2D eigenvalue weighted by Crippen LogP contribution is -2.46. The third-order valence-electron chi connectivity index (χ3n) is 4.44. The lowest BCUT2D eigenvalue weighted by Gasteiger charge is -2.34. The molecular weight excluding hydrogens is 326 g/mol. The first-order chi connectivity index (χ1) is 11.0. The molecule has 0 saturated carbocycles. The third kappa shape index (κ3) is 5.61. The molecule has 0 unspecified atom stereocenters. The molecule has 136 valence electrons. The molecule has 2 rings (SSSR count). The van der Waals surface area contributed by atoms with Gasteiger partial charge in [0.2, 0.25) is 5.91 Å². The summed E-state index contributed by atoms with van der Waals surface area (Å²) in [6.07, 6.45) is 1.84. The number of likely N-dealkylation sites (N-methyl/N-ethyl adjacent to an activating group) is 1. The molecule has 1 aliphatic heterocycles. The molecule has 0 aromatic carbocycles. The van der Waals surface area contributed by atoms with Gasteiger partial charge in [0.25, 0.3) is 0 Å². The molecule has 2 heterocycles. The van der Waals surface area contributed by atoms with E-state index in [1.807, 2.05) is 32.2 Å². The average Bonchev–Trinajstić information content (AvgIpc) is 2.59. The Hall–Kier alpha value is -1.37. The number of carbonyl (C=O) groups excluding carboxylic acids is 1. The number of pyridine rings is 1. The van der Waals surface area contributed by atoms with Gasteiger partial charge in [-0.15, -0.1) is 12.4 Å². The molecule has 7 heteroatoms. The molecule has 1 aromatic rings. The molecule has 0 radical (unpaired) electrons. The van der Waals surface area contributed by atoms with Crippen molar-refractivity contribution in [3.05, 3.63) is 23.9 Å². The fourth-order valence-electron chi connectivity index (χ4n) is 2.61. The molecule has 1 aromatic heterocycles. The van der Waals surface area contributed by atoms with Gasteiger partial charge in [-0.25, -0.2) is 4.98 Å². The summed E-state index contributed by atoms with van der Waals surface area (Å²) in [5, 5.41) is 2.87. The molecule has 6 nitrogen and oxygen atoms in total. The first-order valence-corrected chi connectivity index (χ1v) is 8.46. The number of nitrogens with one attached hydrogen (secondary N) is 1. The Bertz CT molecular complexity index is 500. The SMILES string of the molecule is CCN1CCN(c2ccc(CNC(=O)[C@@H](N)C(C)C)cn2)CC1.Cl. The van der Waals surface area contributed by atoms with Crippen LogP contribution >= 0.6 is 12.4 Å². The summed E-state index contributed by atoms with van der Waals surface area (Å²) in [6, 6.07) is 3.60. The van der Waals surface area contributed by atoms with Crippen molar-refractivity contribution in [3.8, 4) is 0 Å². The van der Waals surface area contributed by atoms with Crippen LogP contribution in [0, 0.1) is 5.92 Å². The first-order valence-electron chi connectivity index (χ1n) is 8.46. The van der Waals surface area contributed by atoms with Crippen LogP contribution in [0.3, 0.4) is 0 Å². The molecule has 1 atom stereocenters. The lowest BCUT2D eigenvalue weighted by molar-refractivity contribution is -0.123. The highest BCUT2D eigenvalue weighted by Crippen LogP contribution is 2.14. The van der Waals surface area contributed by atoms with Crippen LogP contribution in [-0.2, 0) is 11.3 Å². The minimum absolute atomic E-state index is 0. The average molecular weight is 356 g/mol. The second-order valence-electron chi connectivity index (χ2n) is 6.43. The number of hydrogen-bond acceptors (Lipinski definition) is 5. The Morgan fingerprint density at radius 3 is 2.46 bits per heavy atom. The number of hydrogen-bond donors (Lipinski definition) is 2. The third-order valence-corrected chi connectivity index (χ3v) is 4.44. The van der Waals surface area contributed by atoms with Gasteiger partial charge in [0, 0.05) is 38.9 Å². The zero-order chi connectivity index (χ0) is 16.8. The molecule has 0 bridgehead atoms. The van der Waals surface area contributed by atoms with Crippen molar-refractivity contribution in [2.24, 2.45) is 11.7 Å². The maximum atomic E-state index is 11.9. The number of carbonyl (C=O) groups is 1. The molecule has 1 fully saturated rings. The van der Waals surface area contributed by atoms with E-state index in [9.17, 15) is 4.79 Å². The summed E-state index contributed by atoms with van der Waals surface area (Å²) < 4.78 is 0. The van der Waals surface area contributed by atoms with E-state index in [1.165, 1.54) is 0 Å². The second-order valence-corrected chi connectivity index (χ2v) is 6.43. The van der Waals surface area contributed by atoms with Gasteiger partial charge in [0.15, 0.2) is 0 Å². The van der Waals surface area contributed by atoms with Gasteiger partial charge in [-0.1, -0.05) is 26.8 Å². The Balaban J connectivity index is 0.00000288. The molecule has 0 aliphatic carbocycles. The van der Waals surface area contributed by atoms with Crippen molar-refractivity contribution < 1.29 is 4.79 Å². The number of anilines is 1. The van der Waals surface area contributed by atoms with Gasteiger partial charge in [0.05, 0.1) is 6.04 Å². The highest BCUT2D eigenvalue weighted by atomic mass is 35.5. The zero-order valence-corrected chi connectivity index (χ0v) is 15.7. The van der Waals surface area contributed by atoms with E-state index in [0.717, 1.165) is 44.1 Å². The lowest BCUT2D eigenvalue weighted by atomic mass is 10.1. The van der Waals surface area contributed by atoms with Crippen molar-refractivity contribution in [1.82, 2.24) is 15.2 Å². The standard InChI is InChI=1S/C17H29N5O.ClH/c1-4-21-7-9-22(10-8-21)15-6-5-14(11-19-15)12-20-17(23)16(18)13(2)3;/h5-6,11,13,16H,4,7-10,12,18H2,1-3H3,(H,20,23);1H/t16-;/m0./s1. The summed E-state index contributed by atoms with van der Waals surface area (Å²) in [5.41, 5.74) is 6.82. The van der Waals surface area contributed by atoms with Crippen molar-refractivity contribution in [1.29, 1.82) is 0 Å². The Morgan fingerprint density at radius 2 is 1.96 bits per heavy atom. The number of rotatable bonds is 6. The number of halogens is 1. The van der Waals surface area contributed by atoms with E-state index in [2.05, 4.69) is 27.0 Å². The van der Waals surface area contributed by atoms with E-state index in [1.54, 1.807) is 0 Å². The maximum Gasteiger partial charge on any atom is 0.237 e. The van der Waals surface area contributed by atoms with Crippen LogP contribution in [0.4, 0.5) is 5.82 Å². The molecule has 0 spiro atoms. The number of piperazine rings is 1. The molecule has 24 heavy (non-hydrogen) atoms. The van der Waals surface area contributed by atoms with Crippen molar-refractivity contribution in [3.63, 3.8) is 0 Å². The first kappa shape index (κ1) is 20.7. The maximum absolute atomic E-state index is 11.9. The quantitative estimate of drug-likeness (QED) is 0.803. The molecule has 1 aliphatic rings. The van der Waals surface area contributed by atoms with Gasteiger partial charge in [0.1, 0.15) is 5.82 Å². The van der Waals surface area contributed by atoms with Crippen LogP contribution in [0.15, 0.2) is 18.3 Å². The summed E-state index contributed by atoms with van der Waals surface area (Å²) in [7, 11) is 0. The highest BCUT2D eigenvalue weighted by Gasteiger charge is 2.18. The summed E-state index contributed by atoms with van der Waals surface area (Å²) in [4.78, 5) is 21.1. The smallest absolute Gasteiger partial charge is 0.237 e. The molecule has 1 saturated heterocycles. The zero-order valence-electron chi connectivity index (χ0n) is 14.9. The van der Waals surface area contributed by atoms with Gasteiger partial charge in [-0.05, 0) is 24.1 Å². The van der Waals surface area contributed by atoms with E-state index in [0.29, 0.717) is 6.54 Å². The van der Waals surface area contributed by atoms with Crippen molar-refractivity contribution >= 4 is 24.1 Å². The summed E-state index contributed by atoms with van der Waals surface area (Å²) in [5.74, 6) is 1.03. The van der Waals surface area contributed by atoms with Crippen LogP contribution in [0.1, 0.15) is 26.3 Å². The Morgan fingerprint density at radius 1 is 1.29 bits per heavy atom. The fourth-order valence-corrected chi connectivity index (χ4v) is 2.61. The van der Waals surface area contributed by atoms with Crippen molar-refractivity contribution in [2.45, 2.75) is 33.4 Å². The van der Waals surface area contributed by atoms with Gasteiger partial charge in [-0.3, -0.25) is 4.79 Å². The monoisotopic (exact) mass is 355 g/mol.